The molecule has 4 nitrogen and oxygen atoms in total. The molecule has 0 spiro atoms. The predicted octanol–water partition coefficient (Wildman–Crippen LogP) is 1.60. The summed E-state index contributed by atoms with van der Waals surface area (Å²) in [6.45, 7) is 1.33. The highest BCUT2D eigenvalue weighted by Gasteiger charge is 2.02. The van der Waals surface area contributed by atoms with Crippen molar-refractivity contribution >= 4 is 35.2 Å². The molecule has 1 rings (SSSR count). The molecule has 1 aromatic rings. The lowest BCUT2D eigenvalue weighted by atomic mass is 10.4. The first-order valence-electron chi connectivity index (χ1n) is 4.51. The van der Waals surface area contributed by atoms with Crippen LogP contribution < -0.4 is 10.9 Å². The summed E-state index contributed by atoms with van der Waals surface area (Å²) >= 11 is 7.09. The number of rotatable bonds is 3. The summed E-state index contributed by atoms with van der Waals surface area (Å²) in [5.41, 5.74) is 4.50. The second-order valence-electron chi connectivity index (χ2n) is 2.97. The minimum absolute atomic E-state index is 0.238. The molecule has 6 heteroatoms. The molecule has 0 aliphatic rings. The number of carbonyl (C=O) groups excluding carboxylic acids is 2. The Labute approximate surface area is 103 Å². The minimum Gasteiger partial charge on any atom is -0.274 e. The maximum absolute atomic E-state index is 11.2. The summed E-state index contributed by atoms with van der Waals surface area (Å²) in [5, 5.41) is 0.659. The van der Waals surface area contributed by atoms with E-state index in [9.17, 15) is 9.59 Å². The summed E-state index contributed by atoms with van der Waals surface area (Å²) in [6, 6.07) is 7.18. The van der Waals surface area contributed by atoms with Gasteiger partial charge in [0.2, 0.25) is 11.8 Å². The van der Waals surface area contributed by atoms with Gasteiger partial charge in [-0.15, -0.1) is 11.8 Å². The fraction of sp³-hybridized carbons (Fsp3) is 0.200. The SMILES string of the molecule is CC(=O)NNC(=O)CSc1ccc(Cl)cc1. The van der Waals surface area contributed by atoms with Crippen LogP contribution in [0.25, 0.3) is 0 Å². The lowest BCUT2D eigenvalue weighted by molar-refractivity contribution is -0.126. The van der Waals surface area contributed by atoms with Crippen molar-refractivity contribution in [2.75, 3.05) is 5.75 Å². The minimum atomic E-state index is -0.301. The Morgan fingerprint density at radius 3 is 2.44 bits per heavy atom. The van der Waals surface area contributed by atoms with E-state index in [0.29, 0.717) is 5.02 Å². The summed E-state index contributed by atoms with van der Waals surface area (Å²) < 4.78 is 0. The summed E-state index contributed by atoms with van der Waals surface area (Å²) in [5.74, 6) is -0.318. The summed E-state index contributed by atoms with van der Waals surface area (Å²) in [6.07, 6.45) is 0. The van der Waals surface area contributed by atoms with Crippen LogP contribution in [0, 0.1) is 0 Å². The number of carbonyl (C=O) groups is 2. The van der Waals surface area contributed by atoms with Gasteiger partial charge in [-0.05, 0) is 24.3 Å². The molecule has 0 heterocycles. The van der Waals surface area contributed by atoms with Gasteiger partial charge in [-0.1, -0.05) is 11.6 Å². The number of hydrazine groups is 1. The van der Waals surface area contributed by atoms with Crippen molar-refractivity contribution in [3.8, 4) is 0 Å². The highest BCUT2D eigenvalue weighted by atomic mass is 35.5. The fourth-order valence-corrected chi connectivity index (χ4v) is 1.70. The molecule has 1 aromatic carbocycles. The van der Waals surface area contributed by atoms with E-state index in [1.165, 1.54) is 18.7 Å². The van der Waals surface area contributed by atoms with Crippen molar-refractivity contribution < 1.29 is 9.59 Å². The molecular formula is C10H11ClN2O2S. The third-order valence-corrected chi connectivity index (χ3v) is 2.83. The second-order valence-corrected chi connectivity index (χ2v) is 4.46. The number of nitrogens with one attached hydrogen (secondary N) is 2. The van der Waals surface area contributed by atoms with Crippen molar-refractivity contribution in [2.24, 2.45) is 0 Å². The molecule has 0 unspecified atom stereocenters. The van der Waals surface area contributed by atoms with E-state index >= 15 is 0 Å². The van der Waals surface area contributed by atoms with E-state index in [1.54, 1.807) is 12.1 Å². The van der Waals surface area contributed by atoms with Gasteiger partial charge in [-0.3, -0.25) is 20.4 Å². The van der Waals surface area contributed by atoms with Crippen molar-refractivity contribution in [2.45, 2.75) is 11.8 Å². The van der Waals surface area contributed by atoms with Crippen LogP contribution in [0.3, 0.4) is 0 Å². The topological polar surface area (TPSA) is 58.2 Å². The first-order valence-corrected chi connectivity index (χ1v) is 5.88. The molecule has 0 bridgehead atoms. The van der Waals surface area contributed by atoms with E-state index in [0.717, 1.165) is 4.90 Å². The zero-order chi connectivity index (χ0) is 12.0. The molecule has 0 saturated carbocycles. The molecule has 16 heavy (non-hydrogen) atoms. The summed E-state index contributed by atoms with van der Waals surface area (Å²) in [7, 11) is 0. The Kier molecular flexibility index (Phi) is 5.14. The highest BCUT2D eigenvalue weighted by molar-refractivity contribution is 8.00. The molecule has 0 atom stereocenters. The Morgan fingerprint density at radius 1 is 1.25 bits per heavy atom. The monoisotopic (exact) mass is 258 g/mol. The molecule has 0 radical (unpaired) electrons. The van der Waals surface area contributed by atoms with Crippen LogP contribution in [0.2, 0.25) is 5.02 Å². The van der Waals surface area contributed by atoms with Gasteiger partial charge in [0.15, 0.2) is 0 Å². The maximum Gasteiger partial charge on any atom is 0.248 e. The zero-order valence-corrected chi connectivity index (χ0v) is 10.2. The zero-order valence-electron chi connectivity index (χ0n) is 8.62. The number of hydrogen-bond acceptors (Lipinski definition) is 3. The number of halogens is 1. The van der Waals surface area contributed by atoms with Crippen molar-refractivity contribution in [1.29, 1.82) is 0 Å². The van der Waals surface area contributed by atoms with Crippen LogP contribution in [0.15, 0.2) is 29.2 Å². The Hall–Kier alpha value is -1.20. The van der Waals surface area contributed by atoms with E-state index in [2.05, 4.69) is 10.9 Å². The first kappa shape index (κ1) is 12.9. The van der Waals surface area contributed by atoms with Crippen LogP contribution in [0.1, 0.15) is 6.92 Å². The molecule has 0 aliphatic carbocycles. The van der Waals surface area contributed by atoms with Crippen molar-refractivity contribution in [3.63, 3.8) is 0 Å². The van der Waals surface area contributed by atoms with Crippen LogP contribution in [-0.4, -0.2) is 17.6 Å². The smallest absolute Gasteiger partial charge is 0.248 e. The van der Waals surface area contributed by atoms with E-state index < -0.39 is 0 Å². The van der Waals surface area contributed by atoms with Gasteiger partial charge in [0.25, 0.3) is 0 Å². The van der Waals surface area contributed by atoms with Gasteiger partial charge in [0, 0.05) is 16.8 Å². The molecule has 0 aromatic heterocycles. The van der Waals surface area contributed by atoms with Crippen molar-refractivity contribution in [3.05, 3.63) is 29.3 Å². The number of amides is 2. The predicted molar refractivity (Wildman–Crippen MR) is 64.1 cm³/mol. The molecule has 0 aliphatic heterocycles. The normalized spacial score (nSPS) is 9.62. The number of thioether (sulfide) groups is 1. The first-order chi connectivity index (χ1) is 7.58. The Balaban J connectivity index is 2.31. The second kappa shape index (κ2) is 6.40. The van der Waals surface area contributed by atoms with E-state index in [-0.39, 0.29) is 17.6 Å². The largest absolute Gasteiger partial charge is 0.274 e. The van der Waals surface area contributed by atoms with E-state index in [1.807, 2.05) is 12.1 Å². The lowest BCUT2D eigenvalue weighted by Crippen LogP contribution is -2.41. The van der Waals surface area contributed by atoms with Gasteiger partial charge < -0.3 is 0 Å². The van der Waals surface area contributed by atoms with Crippen molar-refractivity contribution in [1.82, 2.24) is 10.9 Å². The highest BCUT2D eigenvalue weighted by Crippen LogP contribution is 2.19. The molecule has 0 fully saturated rings. The van der Waals surface area contributed by atoms with Crippen LogP contribution in [0.4, 0.5) is 0 Å². The quantitative estimate of drug-likeness (QED) is 0.640. The number of hydrogen-bond donors (Lipinski definition) is 2. The van der Waals surface area contributed by atoms with Crippen LogP contribution in [-0.2, 0) is 9.59 Å². The molecule has 2 amide bonds. The maximum atomic E-state index is 11.2. The molecule has 2 N–H and O–H groups in total. The van der Waals surface area contributed by atoms with Crippen LogP contribution >= 0.6 is 23.4 Å². The average Bonchev–Trinajstić information content (AvgIpc) is 2.25. The Morgan fingerprint density at radius 2 is 1.88 bits per heavy atom. The van der Waals surface area contributed by atoms with Crippen LogP contribution in [0.5, 0.6) is 0 Å². The average molecular weight is 259 g/mol. The standard InChI is InChI=1S/C10H11ClN2O2S/c1-7(14)12-13-10(15)6-16-9-4-2-8(11)3-5-9/h2-5H,6H2,1H3,(H,12,14)(H,13,15). The molecule has 86 valence electrons. The molecule has 0 saturated heterocycles. The third-order valence-electron chi connectivity index (χ3n) is 1.56. The third kappa shape index (κ3) is 5.04. The molecular weight excluding hydrogens is 248 g/mol. The van der Waals surface area contributed by atoms with Gasteiger partial charge in [-0.25, -0.2) is 0 Å². The summed E-state index contributed by atoms with van der Waals surface area (Å²) in [4.78, 5) is 22.7. The Bertz CT molecular complexity index is 381. The fourth-order valence-electron chi connectivity index (χ4n) is 0.874. The van der Waals surface area contributed by atoms with Gasteiger partial charge >= 0.3 is 0 Å². The van der Waals surface area contributed by atoms with Gasteiger partial charge in [-0.2, -0.15) is 0 Å². The lowest BCUT2D eigenvalue weighted by Gasteiger charge is -2.04. The van der Waals surface area contributed by atoms with Gasteiger partial charge in [0.1, 0.15) is 0 Å². The number of benzene rings is 1. The van der Waals surface area contributed by atoms with Gasteiger partial charge in [0.05, 0.1) is 5.75 Å². The van der Waals surface area contributed by atoms with E-state index in [4.69, 9.17) is 11.6 Å².